The summed E-state index contributed by atoms with van der Waals surface area (Å²) in [6.07, 6.45) is 1.34. The van der Waals surface area contributed by atoms with Gasteiger partial charge in [-0.15, -0.1) is 0 Å². The van der Waals surface area contributed by atoms with Crippen LogP contribution in [0, 0.1) is 0 Å². The molecule has 0 aromatic heterocycles. The Morgan fingerprint density at radius 2 is 0.978 bits per heavy atom. The van der Waals surface area contributed by atoms with Crippen molar-refractivity contribution < 1.29 is 34.3 Å². The topological polar surface area (TPSA) is 97.6 Å². The van der Waals surface area contributed by atoms with Crippen LogP contribution in [0.25, 0.3) is 0 Å². The summed E-state index contributed by atoms with van der Waals surface area (Å²) in [5.41, 5.74) is -3.08. The standard InChI is InChI=1S/C38H42O7/c1-2-33-24-27-42-37(44-33,31-19-11-5-12-20-31)35(40,29-15-7-3-8-16-29)36(41,30-17-9-4-10-18-30)38(32-21-13-6-14-22-32)43-28-25-34(45-38)23-26-39/h3-22,33-34,39-41H,2,23-28H2,1H3. The number of rotatable bonds is 10. The first-order chi connectivity index (χ1) is 21.9. The van der Waals surface area contributed by atoms with Gasteiger partial charge in [-0.25, -0.2) is 0 Å². The van der Waals surface area contributed by atoms with Gasteiger partial charge in [0.25, 0.3) is 0 Å². The lowest BCUT2D eigenvalue weighted by atomic mass is 9.61. The number of hydrogen-bond acceptors (Lipinski definition) is 7. The Hall–Kier alpha value is -3.40. The molecule has 2 heterocycles. The zero-order chi connectivity index (χ0) is 31.4. The molecule has 6 unspecified atom stereocenters. The summed E-state index contributed by atoms with van der Waals surface area (Å²) >= 11 is 0. The van der Waals surface area contributed by atoms with E-state index < -0.39 is 28.9 Å². The van der Waals surface area contributed by atoms with Crippen molar-refractivity contribution in [3.8, 4) is 0 Å². The van der Waals surface area contributed by atoms with Crippen molar-refractivity contribution >= 4 is 0 Å². The van der Waals surface area contributed by atoms with Crippen molar-refractivity contribution in [2.45, 2.75) is 67.6 Å². The molecule has 0 spiro atoms. The molecule has 2 aliphatic heterocycles. The van der Waals surface area contributed by atoms with Gasteiger partial charge >= 0.3 is 0 Å². The molecule has 6 atom stereocenters. The van der Waals surface area contributed by atoms with Gasteiger partial charge in [0, 0.05) is 17.7 Å². The summed E-state index contributed by atoms with van der Waals surface area (Å²) in [4.78, 5) is 0. The highest BCUT2D eigenvalue weighted by Crippen LogP contribution is 2.63. The van der Waals surface area contributed by atoms with E-state index in [2.05, 4.69) is 0 Å². The fraction of sp³-hybridized carbons (Fsp3) is 0.368. The molecule has 45 heavy (non-hydrogen) atoms. The third-order valence-electron chi connectivity index (χ3n) is 9.23. The van der Waals surface area contributed by atoms with Crippen LogP contribution in [0.4, 0.5) is 0 Å². The molecule has 7 nitrogen and oxygen atoms in total. The fourth-order valence-corrected chi connectivity index (χ4v) is 7.01. The van der Waals surface area contributed by atoms with Crippen LogP contribution in [0.1, 0.15) is 54.9 Å². The van der Waals surface area contributed by atoms with Gasteiger partial charge in [0.15, 0.2) is 11.2 Å². The molecule has 0 saturated carbocycles. The maximum atomic E-state index is 14.1. The Morgan fingerprint density at radius 1 is 0.600 bits per heavy atom. The largest absolute Gasteiger partial charge is 0.396 e. The lowest BCUT2D eigenvalue weighted by Crippen LogP contribution is -2.73. The average Bonchev–Trinajstić information content (AvgIpc) is 3.12. The van der Waals surface area contributed by atoms with Crippen LogP contribution in [0.3, 0.4) is 0 Å². The maximum absolute atomic E-state index is 14.1. The van der Waals surface area contributed by atoms with Crippen molar-refractivity contribution in [2.75, 3.05) is 19.8 Å². The Bertz CT molecular complexity index is 1500. The number of ether oxygens (including phenoxy) is 4. The molecule has 0 radical (unpaired) electrons. The molecule has 3 N–H and O–H groups in total. The molecule has 236 valence electrons. The average molecular weight is 611 g/mol. The Labute approximate surface area is 265 Å². The van der Waals surface area contributed by atoms with Gasteiger partial charge in [-0.2, -0.15) is 0 Å². The van der Waals surface area contributed by atoms with Gasteiger partial charge < -0.3 is 34.3 Å². The molecule has 0 amide bonds. The van der Waals surface area contributed by atoms with Gasteiger partial charge in [0.05, 0.1) is 25.4 Å². The van der Waals surface area contributed by atoms with Crippen LogP contribution >= 0.6 is 0 Å². The third-order valence-corrected chi connectivity index (χ3v) is 9.23. The zero-order valence-electron chi connectivity index (χ0n) is 25.6. The van der Waals surface area contributed by atoms with E-state index >= 15 is 0 Å². The van der Waals surface area contributed by atoms with E-state index in [-0.39, 0.29) is 25.9 Å². The maximum Gasteiger partial charge on any atom is 0.233 e. The SMILES string of the molecule is CCC1CCOC(c2ccccc2)(C(O)(c2ccccc2)C(O)(c2ccccc2)C2(c3ccccc3)OCCC(CCO)O2)O1. The van der Waals surface area contributed by atoms with Crippen LogP contribution in [0.2, 0.25) is 0 Å². The van der Waals surface area contributed by atoms with Gasteiger partial charge in [-0.1, -0.05) is 128 Å². The van der Waals surface area contributed by atoms with Crippen molar-refractivity contribution in [1.29, 1.82) is 0 Å². The van der Waals surface area contributed by atoms with Crippen molar-refractivity contribution in [3.63, 3.8) is 0 Å². The summed E-state index contributed by atoms with van der Waals surface area (Å²) in [5.74, 6) is -3.90. The first-order valence-corrected chi connectivity index (χ1v) is 15.9. The molecule has 2 aliphatic rings. The minimum absolute atomic E-state index is 0.111. The van der Waals surface area contributed by atoms with E-state index in [0.717, 1.165) is 0 Å². The van der Waals surface area contributed by atoms with E-state index in [1.165, 1.54) is 0 Å². The second-order valence-corrected chi connectivity index (χ2v) is 11.8. The highest BCUT2D eigenvalue weighted by molar-refractivity contribution is 5.45. The number of benzene rings is 4. The van der Waals surface area contributed by atoms with Gasteiger partial charge in [0.2, 0.25) is 11.6 Å². The first-order valence-electron chi connectivity index (χ1n) is 15.9. The summed E-state index contributed by atoms with van der Waals surface area (Å²) in [6, 6.07) is 36.6. The highest BCUT2D eigenvalue weighted by atomic mass is 16.7. The van der Waals surface area contributed by atoms with Crippen LogP contribution in [0.5, 0.6) is 0 Å². The summed E-state index contributed by atoms with van der Waals surface area (Å²) in [5, 5.41) is 38.2. The highest BCUT2D eigenvalue weighted by Gasteiger charge is 2.76. The van der Waals surface area contributed by atoms with Crippen molar-refractivity contribution in [2.24, 2.45) is 0 Å². The molecule has 6 rings (SSSR count). The molecule has 2 saturated heterocycles. The van der Waals surface area contributed by atoms with Gasteiger partial charge in [-0.05, 0) is 36.8 Å². The van der Waals surface area contributed by atoms with Gasteiger partial charge in [-0.3, -0.25) is 0 Å². The lowest BCUT2D eigenvalue weighted by molar-refractivity contribution is -0.471. The van der Waals surface area contributed by atoms with Crippen LogP contribution in [-0.2, 0) is 41.7 Å². The lowest BCUT2D eigenvalue weighted by Gasteiger charge is -2.62. The zero-order valence-corrected chi connectivity index (χ0v) is 25.6. The number of aliphatic hydroxyl groups excluding tert-OH is 1. The summed E-state index contributed by atoms with van der Waals surface area (Å²) < 4.78 is 27.3. The van der Waals surface area contributed by atoms with Gasteiger partial charge in [0.1, 0.15) is 0 Å². The molecule has 7 heteroatoms. The smallest absolute Gasteiger partial charge is 0.233 e. The normalized spacial score (nSPS) is 28.1. The molecule has 0 aliphatic carbocycles. The van der Waals surface area contributed by atoms with Crippen LogP contribution < -0.4 is 0 Å². The van der Waals surface area contributed by atoms with E-state index in [9.17, 15) is 15.3 Å². The molecule has 4 aromatic rings. The Balaban J connectivity index is 1.76. The quantitative estimate of drug-likeness (QED) is 0.207. The molecule has 4 aromatic carbocycles. The van der Waals surface area contributed by atoms with E-state index in [4.69, 9.17) is 18.9 Å². The minimum atomic E-state index is -2.41. The predicted molar refractivity (Wildman–Crippen MR) is 170 cm³/mol. The Kier molecular flexibility index (Phi) is 9.22. The molecular weight excluding hydrogens is 568 g/mol. The fourth-order valence-electron chi connectivity index (χ4n) is 7.01. The number of aliphatic hydroxyl groups is 3. The summed E-state index contributed by atoms with van der Waals surface area (Å²) in [7, 11) is 0. The molecule has 2 fully saturated rings. The first kappa shape index (κ1) is 31.6. The minimum Gasteiger partial charge on any atom is -0.396 e. The van der Waals surface area contributed by atoms with E-state index in [1.807, 2.05) is 104 Å². The van der Waals surface area contributed by atoms with Crippen LogP contribution in [-0.4, -0.2) is 47.3 Å². The molecule has 0 bridgehead atoms. The van der Waals surface area contributed by atoms with Crippen molar-refractivity contribution in [3.05, 3.63) is 144 Å². The van der Waals surface area contributed by atoms with Crippen molar-refractivity contribution in [1.82, 2.24) is 0 Å². The van der Waals surface area contributed by atoms with E-state index in [0.29, 0.717) is 47.9 Å². The number of hydrogen-bond donors (Lipinski definition) is 3. The summed E-state index contributed by atoms with van der Waals surface area (Å²) in [6.45, 7) is 2.41. The second kappa shape index (κ2) is 13.1. The van der Waals surface area contributed by atoms with Crippen LogP contribution in [0.15, 0.2) is 121 Å². The predicted octanol–water partition coefficient (Wildman–Crippen LogP) is 5.87. The monoisotopic (exact) mass is 610 g/mol. The Morgan fingerprint density at radius 3 is 1.38 bits per heavy atom. The van der Waals surface area contributed by atoms with E-state index in [1.54, 1.807) is 24.3 Å². The second-order valence-electron chi connectivity index (χ2n) is 11.8. The molecular formula is C38H42O7. The third kappa shape index (κ3) is 5.13.